The van der Waals surface area contributed by atoms with Gasteiger partial charge in [-0.2, -0.15) is 0 Å². The second-order valence-electron chi connectivity index (χ2n) is 4.32. The highest BCUT2D eigenvalue weighted by atomic mass is 16.1. The van der Waals surface area contributed by atoms with Crippen molar-refractivity contribution in [3.8, 4) is 0 Å². The third-order valence-electron chi connectivity index (χ3n) is 2.56. The van der Waals surface area contributed by atoms with E-state index >= 15 is 0 Å². The van der Waals surface area contributed by atoms with Gasteiger partial charge in [0.1, 0.15) is 5.82 Å². The number of hydrogen-bond acceptors (Lipinski definition) is 4. The molecular formula is C14H16N4O. The van der Waals surface area contributed by atoms with E-state index in [1.165, 1.54) is 18.1 Å². The normalized spacial score (nSPS) is 10.0. The van der Waals surface area contributed by atoms with Crippen molar-refractivity contribution >= 4 is 17.5 Å². The summed E-state index contributed by atoms with van der Waals surface area (Å²) in [6.07, 6.45) is 0. The second kappa shape index (κ2) is 5.95. The number of carbonyl (C=O) groups is 1. The summed E-state index contributed by atoms with van der Waals surface area (Å²) in [6.45, 7) is 4.18. The summed E-state index contributed by atoms with van der Waals surface area (Å²) >= 11 is 0. The van der Waals surface area contributed by atoms with Crippen LogP contribution >= 0.6 is 0 Å². The summed E-state index contributed by atoms with van der Waals surface area (Å²) in [4.78, 5) is 10.8. The lowest BCUT2D eigenvalue weighted by molar-refractivity contribution is -0.114. The molecule has 98 valence electrons. The van der Waals surface area contributed by atoms with Gasteiger partial charge in [0, 0.05) is 13.5 Å². The first-order chi connectivity index (χ1) is 9.13. The Labute approximate surface area is 112 Å². The summed E-state index contributed by atoms with van der Waals surface area (Å²) in [5.74, 6) is 0.970. The average Bonchev–Trinajstić information content (AvgIpc) is 2.39. The molecule has 0 aliphatic rings. The lowest BCUT2D eigenvalue weighted by atomic mass is 10.1. The minimum absolute atomic E-state index is 0.158. The van der Waals surface area contributed by atoms with E-state index in [-0.39, 0.29) is 5.91 Å². The van der Waals surface area contributed by atoms with Gasteiger partial charge in [-0.1, -0.05) is 29.8 Å². The molecule has 1 aromatic carbocycles. The number of anilines is 2. The maximum Gasteiger partial charge on any atom is 0.222 e. The zero-order valence-electron chi connectivity index (χ0n) is 11.0. The fourth-order valence-electron chi connectivity index (χ4n) is 1.57. The SMILES string of the molecule is CC(=O)Nc1ccc(NCc2ccc(C)cc2)nn1. The number of nitrogens with one attached hydrogen (secondary N) is 2. The van der Waals surface area contributed by atoms with Gasteiger partial charge < -0.3 is 10.6 Å². The minimum Gasteiger partial charge on any atom is -0.365 e. The molecular weight excluding hydrogens is 240 g/mol. The van der Waals surface area contributed by atoms with Crippen LogP contribution in [0.5, 0.6) is 0 Å². The van der Waals surface area contributed by atoms with Crippen LogP contribution in [0.3, 0.4) is 0 Å². The van der Waals surface area contributed by atoms with Gasteiger partial charge in [0.15, 0.2) is 5.82 Å². The van der Waals surface area contributed by atoms with Crippen LogP contribution in [0.2, 0.25) is 0 Å². The standard InChI is InChI=1S/C14H16N4O/c1-10-3-5-12(6-4-10)9-15-13-7-8-14(18-17-13)16-11(2)19/h3-8H,9H2,1-2H3,(H,15,17)(H,16,18,19). The molecule has 0 aliphatic heterocycles. The number of hydrogen-bond donors (Lipinski definition) is 2. The van der Waals surface area contributed by atoms with Crippen molar-refractivity contribution in [1.82, 2.24) is 10.2 Å². The van der Waals surface area contributed by atoms with Gasteiger partial charge in [-0.05, 0) is 24.6 Å². The van der Waals surface area contributed by atoms with E-state index in [0.717, 1.165) is 0 Å². The van der Waals surface area contributed by atoms with Crippen LogP contribution in [0, 0.1) is 6.92 Å². The molecule has 0 saturated carbocycles. The predicted molar refractivity (Wildman–Crippen MR) is 74.8 cm³/mol. The molecule has 2 aromatic rings. The molecule has 0 atom stereocenters. The zero-order chi connectivity index (χ0) is 13.7. The van der Waals surface area contributed by atoms with E-state index in [1.807, 2.05) is 0 Å². The lowest BCUT2D eigenvalue weighted by Gasteiger charge is -2.06. The Bertz CT molecular complexity index is 549. The number of nitrogens with zero attached hydrogens (tertiary/aromatic N) is 2. The van der Waals surface area contributed by atoms with E-state index in [0.29, 0.717) is 18.2 Å². The number of amides is 1. The van der Waals surface area contributed by atoms with E-state index in [2.05, 4.69) is 52.0 Å². The lowest BCUT2D eigenvalue weighted by Crippen LogP contribution is -2.09. The monoisotopic (exact) mass is 256 g/mol. The van der Waals surface area contributed by atoms with E-state index in [4.69, 9.17) is 0 Å². The minimum atomic E-state index is -0.158. The molecule has 0 spiro atoms. The molecule has 2 rings (SSSR count). The topological polar surface area (TPSA) is 66.9 Å². The fourth-order valence-corrected chi connectivity index (χ4v) is 1.57. The van der Waals surface area contributed by atoms with Crippen LogP contribution in [0.4, 0.5) is 11.6 Å². The molecule has 0 saturated heterocycles. The van der Waals surface area contributed by atoms with Crippen molar-refractivity contribution in [3.63, 3.8) is 0 Å². The first kappa shape index (κ1) is 13.0. The molecule has 2 N–H and O–H groups in total. The number of aryl methyl sites for hydroxylation is 1. The highest BCUT2D eigenvalue weighted by molar-refractivity contribution is 5.87. The largest absolute Gasteiger partial charge is 0.365 e. The van der Waals surface area contributed by atoms with Crippen LogP contribution in [0.25, 0.3) is 0 Å². The Hall–Kier alpha value is -2.43. The van der Waals surface area contributed by atoms with Gasteiger partial charge in [0.2, 0.25) is 5.91 Å². The Morgan fingerprint density at radius 2 is 1.68 bits per heavy atom. The predicted octanol–water partition coefficient (Wildman–Crippen LogP) is 2.36. The van der Waals surface area contributed by atoms with Crippen LogP contribution < -0.4 is 10.6 Å². The summed E-state index contributed by atoms with van der Waals surface area (Å²) in [7, 11) is 0. The highest BCUT2D eigenvalue weighted by Gasteiger charge is 1.99. The van der Waals surface area contributed by atoms with E-state index in [1.54, 1.807) is 12.1 Å². The third-order valence-corrected chi connectivity index (χ3v) is 2.56. The fraction of sp³-hybridized carbons (Fsp3) is 0.214. The van der Waals surface area contributed by atoms with Crippen molar-refractivity contribution in [2.45, 2.75) is 20.4 Å². The molecule has 1 heterocycles. The van der Waals surface area contributed by atoms with E-state index < -0.39 is 0 Å². The maximum absolute atomic E-state index is 10.8. The zero-order valence-corrected chi connectivity index (χ0v) is 11.0. The Kier molecular flexibility index (Phi) is 4.07. The Morgan fingerprint density at radius 3 is 2.26 bits per heavy atom. The number of benzene rings is 1. The van der Waals surface area contributed by atoms with E-state index in [9.17, 15) is 4.79 Å². The molecule has 5 heteroatoms. The average molecular weight is 256 g/mol. The maximum atomic E-state index is 10.8. The molecule has 0 fully saturated rings. The quantitative estimate of drug-likeness (QED) is 0.881. The summed E-state index contributed by atoms with van der Waals surface area (Å²) in [6, 6.07) is 11.8. The Balaban J connectivity index is 1.92. The van der Waals surface area contributed by atoms with Gasteiger partial charge in [0.05, 0.1) is 0 Å². The first-order valence-corrected chi connectivity index (χ1v) is 6.04. The summed E-state index contributed by atoms with van der Waals surface area (Å²) in [5, 5.41) is 13.6. The van der Waals surface area contributed by atoms with Crippen LogP contribution in [-0.2, 0) is 11.3 Å². The Morgan fingerprint density at radius 1 is 1.05 bits per heavy atom. The van der Waals surface area contributed by atoms with Crippen LogP contribution in [-0.4, -0.2) is 16.1 Å². The molecule has 19 heavy (non-hydrogen) atoms. The molecule has 1 aromatic heterocycles. The van der Waals surface area contributed by atoms with Crippen LogP contribution in [0.15, 0.2) is 36.4 Å². The highest BCUT2D eigenvalue weighted by Crippen LogP contribution is 2.09. The summed E-state index contributed by atoms with van der Waals surface area (Å²) < 4.78 is 0. The van der Waals surface area contributed by atoms with Gasteiger partial charge in [-0.25, -0.2) is 0 Å². The second-order valence-corrected chi connectivity index (χ2v) is 4.32. The van der Waals surface area contributed by atoms with Gasteiger partial charge >= 0.3 is 0 Å². The van der Waals surface area contributed by atoms with Gasteiger partial charge in [0.25, 0.3) is 0 Å². The molecule has 1 amide bonds. The van der Waals surface area contributed by atoms with Crippen molar-refractivity contribution < 1.29 is 4.79 Å². The number of rotatable bonds is 4. The molecule has 0 bridgehead atoms. The molecule has 5 nitrogen and oxygen atoms in total. The third kappa shape index (κ3) is 4.06. The number of aromatic nitrogens is 2. The number of carbonyl (C=O) groups excluding carboxylic acids is 1. The smallest absolute Gasteiger partial charge is 0.222 e. The van der Waals surface area contributed by atoms with Crippen molar-refractivity contribution in [3.05, 3.63) is 47.5 Å². The van der Waals surface area contributed by atoms with Crippen molar-refractivity contribution in [2.75, 3.05) is 10.6 Å². The van der Waals surface area contributed by atoms with Crippen molar-refractivity contribution in [1.29, 1.82) is 0 Å². The van der Waals surface area contributed by atoms with Crippen molar-refractivity contribution in [2.24, 2.45) is 0 Å². The first-order valence-electron chi connectivity index (χ1n) is 6.04. The van der Waals surface area contributed by atoms with Gasteiger partial charge in [-0.3, -0.25) is 4.79 Å². The molecule has 0 radical (unpaired) electrons. The summed E-state index contributed by atoms with van der Waals surface area (Å²) in [5.41, 5.74) is 2.42. The van der Waals surface area contributed by atoms with Crippen LogP contribution in [0.1, 0.15) is 18.1 Å². The van der Waals surface area contributed by atoms with Gasteiger partial charge in [-0.15, -0.1) is 10.2 Å². The molecule has 0 unspecified atom stereocenters. The molecule has 0 aliphatic carbocycles.